The first-order valence-electron chi connectivity index (χ1n) is 7.29. The number of benzene rings is 2. The maximum Gasteiger partial charge on any atom is 0.250 e. The normalized spacial score (nSPS) is 17.5. The Morgan fingerprint density at radius 1 is 1.22 bits per heavy atom. The van der Waals surface area contributed by atoms with E-state index in [-0.39, 0.29) is 17.6 Å². The highest BCUT2D eigenvalue weighted by molar-refractivity contribution is 7.80. The molecule has 1 heterocycles. The Labute approximate surface area is 139 Å². The van der Waals surface area contributed by atoms with Gasteiger partial charge in [0.15, 0.2) is 5.11 Å². The zero-order chi connectivity index (χ0) is 16.4. The summed E-state index contributed by atoms with van der Waals surface area (Å²) in [5.41, 5.74) is 1.31. The monoisotopic (exact) mass is 329 g/mol. The highest BCUT2D eigenvalue weighted by Crippen LogP contribution is 2.26. The minimum absolute atomic E-state index is 0.0143. The van der Waals surface area contributed by atoms with Crippen molar-refractivity contribution in [2.24, 2.45) is 5.92 Å². The number of hydrogen-bond acceptors (Lipinski definition) is 2. The van der Waals surface area contributed by atoms with Crippen molar-refractivity contribution in [3.05, 3.63) is 60.4 Å². The van der Waals surface area contributed by atoms with Gasteiger partial charge in [0.05, 0.1) is 18.2 Å². The molecule has 2 aromatic rings. The van der Waals surface area contributed by atoms with E-state index in [0.29, 0.717) is 17.3 Å². The highest BCUT2D eigenvalue weighted by Gasteiger charge is 2.37. The Balaban J connectivity index is 1.85. The van der Waals surface area contributed by atoms with E-state index in [4.69, 9.17) is 12.2 Å². The van der Waals surface area contributed by atoms with Crippen LogP contribution >= 0.6 is 12.2 Å². The summed E-state index contributed by atoms with van der Waals surface area (Å²) in [5, 5.41) is 6.63. The van der Waals surface area contributed by atoms with Crippen molar-refractivity contribution in [3.8, 4) is 0 Å². The molecule has 0 bridgehead atoms. The molecular weight excluding hydrogens is 313 g/mol. The molecule has 0 aromatic heterocycles. The molecule has 1 amide bonds. The molecule has 1 aliphatic rings. The fourth-order valence-electron chi connectivity index (χ4n) is 2.51. The highest BCUT2D eigenvalue weighted by atomic mass is 32.1. The van der Waals surface area contributed by atoms with Gasteiger partial charge < -0.3 is 5.32 Å². The van der Waals surface area contributed by atoms with Gasteiger partial charge in [0, 0.05) is 5.69 Å². The average Bonchev–Trinajstić information content (AvgIpc) is 2.84. The van der Waals surface area contributed by atoms with Crippen molar-refractivity contribution in [1.82, 2.24) is 5.01 Å². The van der Waals surface area contributed by atoms with Gasteiger partial charge in [-0.05, 0) is 42.5 Å². The predicted octanol–water partition coefficient (Wildman–Crippen LogP) is 3.42. The standard InChI is InChI=1S/C17H16FN3OS/c1-12-11-20(17(23)19-14-7-5-6-13(18)10-14)21(16(12)22)15-8-3-2-4-9-15/h2-10,12H,11H2,1H3,(H,19,23). The second-order valence-electron chi connectivity index (χ2n) is 5.41. The molecule has 0 saturated carbocycles. The van der Waals surface area contributed by atoms with Gasteiger partial charge in [0.1, 0.15) is 5.82 Å². The van der Waals surface area contributed by atoms with Crippen LogP contribution in [0.3, 0.4) is 0 Å². The molecule has 118 valence electrons. The van der Waals surface area contributed by atoms with Crippen molar-refractivity contribution in [2.75, 3.05) is 16.9 Å². The largest absolute Gasteiger partial charge is 0.331 e. The summed E-state index contributed by atoms with van der Waals surface area (Å²) >= 11 is 5.42. The second kappa shape index (κ2) is 6.34. The predicted molar refractivity (Wildman–Crippen MR) is 92.4 cm³/mol. The number of para-hydroxylation sites is 1. The molecular formula is C17H16FN3OS. The van der Waals surface area contributed by atoms with E-state index in [9.17, 15) is 9.18 Å². The van der Waals surface area contributed by atoms with Crippen LogP contribution in [0.4, 0.5) is 15.8 Å². The maximum absolute atomic E-state index is 13.3. The number of nitrogens with zero attached hydrogens (tertiary/aromatic N) is 2. The number of halogens is 1. The number of anilines is 2. The van der Waals surface area contributed by atoms with Crippen LogP contribution < -0.4 is 10.3 Å². The Kier molecular flexibility index (Phi) is 4.25. The number of hydrazine groups is 1. The molecule has 2 aromatic carbocycles. The lowest BCUT2D eigenvalue weighted by atomic mass is 10.2. The summed E-state index contributed by atoms with van der Waals surface area (Å²) < 4.78 is 13.3. The van der Waals surface area contributed by atoms with Gasteiger partial charge in [0.2, 0.25) is 0 Å². The first-order chi connectivity index (χ1) is 11.1. The molecule has 23 heavy (non-hydrogen) atoms. The topological polar surface area (TPSA) is 35.6 Å². The summed E-state index contributed by atoms with van der Waals surface area (Å²) in [7, 11) is 0. The van der Waals surface area contributed by atoms with E-state index in [1.54, 1.807) is 22.2 Å². The van der Waals surface area contributed by atoms with Crippen molar-refractivity contribution in [1.29, 1.82) is 0 Å². The Hall–Kier alpha value is -2.47. The van der Waals surface area contributed by atoms with Crippen LogP contribution in [0.15, 0.2) is 54.6 Å². The van der Waals surface area contributed by atoms with Crippen LogP contribution in [0.1, 0.15) is 6.92 Å². The van der Waals surface area contributed by atoms with Crippen LogP contribution in [0.5, 0.6) is 0 Å². The lowest BCUT2D eigenvalue weighted by Crippen LogP contribution is -2.45. The molecule has 3 rings (SSSR count). The van der Waals surface area contributed by atoms with E-state index in [1.807, 2.05) is 37.3 Å². The van der Waals surface area contributed by atoms with Gasteiger partial charge >= 0.3 is 0 Å². The Bertz CT molecular complexity index is 738. The molecule has 0 spiro atoms. The average molecular weight is 329 g/mol. The molecule has 1 N–H and O–H groups in total. The molecule has 0 aliphatic carbocycles. The lowest BCUT2D eigenvalue weighted by Gasteiger charge is -2.30. The smallest absolute Gasteiger partial charge is 0.250 e. The van der Waals surface area contributed by atoms with Crippen LogP contribution in [-0.4, -0.2) is 22.6 Å². The molecule has 1 saturated heterocycles. The van der Waals surface area contributed by atoms with Crippen molar-refractivity contribution < 1.29 is 9.18 Å². The van der Waals surface area contributed by atoms with E-state index in [0.717, 1.165) is 5.69 Å². The summed E-state index contributed by atoms with van der Waals surface area (Å²) in [6.07, 6.45) is 0. The van der Waals surface area contributed by atoms with Gasteiger partial charge in [-0.1, -0.05) is 31.2 Å². The summed E-state index contributed by atoms with van der Waals surface area (Å²) in [6.45, 7) is 2.35. The quantitative estimate of drug-likeness (QED) is 0.857. The van der Waals surface area contributed by atoms with E-state index < -0.39 is 0 Å². The van der Waals surface area contributed by atoms with Gasteiger partial charge in [-0.25, -0.2) is 9.40 Å². The van der Waals surface area contributed by atoms with Gasteiger partial charge in [-0.15, -0.1) is 0 Å². The number of rotatable bonds is 2. The minimum atomic E-state index is -0.344. The van der Waals surface area contributed by atoms with Crippen LogP contribution in [0.25, 0.3) is 0 Å². The first kappa shape index (κ1) is 15.4. The van der Waals surface area contributed by atoms with Gasteiger partial charge in [0.25, 0.3) is 5.91 Å². The molecule has 4 nitrogen and oxygen atoms in total. The van der Waals surface area contributed by atoms with E-state index >= 15 is 0 Å². The third-order valence-electron chi connectivity index (χ3n) is 3.63. The third kappa shape index (κ3) is 3.17. The van der Waals surface area contributed by atoms with Crippen LogP contribution in [0.2, 0.25) is 0 Å². The number of carbonyl (C=O) groups excluding carboxylic acids is 1. The maximum atomic E-state index is 13.3. The summed E-state index contributed by atoms with van der Waals surface area (Å²) in [5.74, 6) is -0.523. The SMILES string of the molecule is CC1CN(C(=S)Nc2cccc(F)c2)N(c2ccccc2)C1=O. The summed E-state index contributed by atoms with van der Waals surface area (Å²) in [6, 6.07) is 15.4. The third-order valence-corrected chi connectivity index (χ3v) is 3.94. The molecule has 1 unspecified atom stereocenters. The van der Waals surface area contributed by atoms with Gasteiger partial charge in [-0.3, -0.25) is 9.80 Å². The lowest BCUT2D eigenvalue weighted by molar-refractivity contribution is -0.120. The fourth-order valence-corrected chi connectivity index (χ4v) is 2.78. The van der Waals surface area contributed by atoms with Crippen molar-refractivity contribution in [3.63, 3.8) is 0 Å². The number of thiocarbonyl (C=S) groups is 1. The molecule has 1 fully saturated rings. The number of carbonyl (C=O) groups is 1. The van der Waals surface area contributed by atoms with E-state index in [1.165, 1.54) is 12.1 Å². The second-order valence-corrected chi connectivity index (χ2v) is 5.80. The fraction of sp³-hybridized carbons (Fsp3) is 0.176. The molecule has 1 aliphatic heterocycles. The molecule has 0 radical (unpaired) electrons. The van der Waals surface area contributed by atoms with E-state index in [2.05, 4.69) is 5.32 Å². The van der Waals surface area contributed by atoms with Crippen molar-refractivity contribution >= 4 is 34.6 Å². The summed E-state index contributed by atoms with van der Waals surface area (Å²) in [4.78, 5) is 12.5. The Morgan fingerprint density at radius 2 is 1.96 bits per heavy atom. The molecule has 1 atom stereocenters. The van der Waals surface area contributed by atoms with Gasteiger partial charge in [-0.2, -0.15) is 0 Å². The molecule has 6 heteroatoms. The first-order valence-corrected chi connectivity index (χ1v) is 7.70. The van der Waals surface area contributed by atoms with Crippen LogP contribution in [-0.2, 0) is 4.79 Å². The van der Waals surface area contributed by atoms with Crippen molar-refractivity contribution in [2.45, 2.75) is 6.92 Å². The zero-order valence-electron chi connectivity index (χ0n) is 12.6. The van der Waals surface area contributed by atoms with Crippen LogP contribution in [0, 0.1) is 11.7 Å². The number of nitrogens with one attached hydrogen (secondary N) is 1. The Morgan fingerprint density at radius 3 is 2.65 bits per heavy atom. The number of hydrogen-bond donors (Lipinski definition) is 1. The number of amides is 1. The minimum Gasteiger partial charge on any atom is -0.331 e. The zero-order valence-corrected chi connectivity index (χ0v) is 13.4.